The minimum Gasteiger partial charge on any atom is -0.387 e. The van der Waals surface area contributed by atoms with Gasteiger partial charge in [0.05, 0.1) is 29.1 Å². The highest BCUT2D eigenvalue weighted by Gasteiger charge is 2.25. The van der Waals surface area contributed by atoms with Crippen molar-refractivity contribution < 1.29 is 9.84 Å². The largest absolute Gasteiger partial charge is 0.387 e. The van der Waals surface area contributed by atoms with E-state index in [0.717, 1.165) is 42.6 Å². The second-order valence-electron chi connectivity index (χ2n) is 6.14. The molecule has 1 atom stereocenters. The van der Waals surface area contributed by atoms with Gasteiger partial charge in [-0.25, -0.2) is 4.99 Å². The summed E-state index contributed by atoms with van der Waals surface area (Å²) in [6.07, 6.45) is 0. The lowest BCUT2D eigenvalue weighted by Gasteiger charge is -2.34. The molecule has 0 radical (unpaired) electrons. The monoisotopic (exact) mass is 546 g/mol. The maximum absolute atomic E-state index is 10.6. The molecule has 2 heterocycles. The van der Waals surface area contributed by atoms with Gasteiger partial charge in [0.15, 0.2) is 5.96 Å². The Morgan fingerprint density at radius 1 is 1.40 bits per heavy atom. The van der Waals surface area contributed by atoms with Crippen LogP contribution in [0.3, 0.4) is 0 Å². The van der Waals surface area contributed by atoms with E-state index < -0.39 is 5.60 Å². The molecule has 0 aromatic carbocycles. The maximum atomic E-state index is 10.6. The smallest absolute Gasteiger partial charge is 0.191 e. The summed E-state index contributed by atoms with van der Waals surface area (Å²) in [5.41, 5.74) is -0.820. The van der Waals surface area contributed by atoms with Crippen molar-refractivity contribution in [1.82, 2.24) is 15.5 Å². The summed E-state index contributed by atoms with van der Waals surface area (Å²) in [6, 6.07) is 4.10. The van der Waals surface area contributed by atoms with Gasteiger partial charge >= 0.3 is 0 Å². The topological polar surface area (TPSA) is 69.1 Å². The lowest BCUT2D eigenvalue weighted by atomic mass is 10.1. The summed E-state index contributed by atoms with van der Waals surface area (Å²) in [5, 5.41) is 17.1. The van der Waals surface area contributed by atoms with Gasteiger partial charge in [0.2, 0.25) is 0 Å². The van der Waals surface area contributed by atoms with Crippen LogP contribution in [0.25, 0.3) is 0 Å². The van der Waals surface area contributed by atoms with Gasteiger partial charge in [0.25, 0.3) is 0 Å². The predicted molar refractivity (Wildman–Crippen MR) is 118 cm³/mol. The second kappa shape index (κ2) is 11.7. The Hall–Kier alpha value is 0.0600. The van der Waals surface area contributed by atoms with E-state index in [1.807, 2.05) is 19.9 Å². The Morgan fingerprint density at radius 3 is 2.72 bits per heavy atom. The molecule has 0 spiro atoms. The third kappa shape index (κ3) is 9.00. The second-order valence-corrected chi connectivity index (χ2v) is 8.69. The first-order chi connectivity index (χ1) is 11.5. The number of ether oxygens (including phenoxy) is 1. The molecule has 0 aliphatic carbocycles. The van der Waals surface area contributed by atoms with Crippen molar-refractivity contribution in [1.29, 1.82) is 0 Å². The Labute approximate surface area is 179 Å². The molecule has 0 bridgehead atoms. The minimum absolute atomic E-state index is 0. The van der Waals surface area contributed by atoms with Gasteiger partial charge in [-0.05, 0) is 41.9 Å². The Morgan fingerprint density at radius 2 is 2.12 bits per heavy atom. The molecule has 3 N–H and O–H groups in total. The zero-order valence-electron chi connectivity index (χ0n) is 14.8. The van der Waals surface area contributed by atoms with Crippen molar-refractivity contribution in [2.75, 3.05) is 45.9 Å². The summed E-state index contributed by atoms with van der Waals surface area (Å²) in [6.45, 7) is 9.59. The Balaban J connectivity index is 0.00000312. The number of nitrogens with one attached hydrogen (secondary N) is 2. The van der Waals surface area contributed by atoms with Gasteiger partial charge in [0, 0.05) is 37.6 Å². The first-order valence-corrected chi connectivity index (χ1v) is 9.88. The standard InChI is InChI=1S/C16H27BrN4O2S.HI/c1-3-18-15(19-10-13-4-5-14(17)24-13)20-11-16(2,22)12-21-6-8-23-9-7-21;/h4-5,22H,3,6-12H2,1-2H3,(H2,18,19,20);1H. The Kier molecular flexibility index (Phi) is 10.8. The maximum Gasteiger partial charge on any atom is 0.191 e. The number of guanidine groups is 1. The number of halogens is 2. The number of aliphatic imine (C=N–C) groups is 1. The number of β-amino-alcohol motifs (C(OH)–C–C–N with tert-alkyl or cyclic N) is 1. The fourth-order valence-electron chi connectivity index (χ4n) is 2.51. The minimum atomic E-state index is -0.820. The van der Waals surface area contributed by atoms with E-state index >= 15 is 0 Å². The fourth-order valence-corrected chi connectivity index (χ4v) is 3.91. The van der Waals surface area contributed by atoms with Crippen LogP contribution in [0.4, 0.5) is 0 Å². The molecule has 1 unspecified atom stereocenters. The van der Waals surface area contributed by atoms with E-state index in [4.69, 9.17) is 4.74 Å². The number of hydrogen-bond donors (Lipinski definition) is 3. The molecule has 0 saturated carbocycles. The van der Waals surface area contributed by atoms with E-state index in [2.05, 4.69) is 42.5 Å². The van der Waals surface area contributed by atoms with Crippen molar-refractivity contribution in [3.05, 3.63) is 20.8 Å². The van der Waals surface area contributed by atoms with Crippen LogP contribution >= 0.6 is 51.2 Å². The quantitative estimate of drug-likeness (QED) is 0.278. The van der Waals surface area contributed by atoms with Gasteiger partial charge in [-0.2, -0.15) is 0 Å². The summed E-state index contributed by atoms with van der Waals surface area (Å²) < 4.78 is 6.46. The van der Waals surface area contributed by atoms with E-state index in [0.29, 0.717) is 19.6 Å². The van der Waals surface area contributed by atoms with E-state index in [-0.39, 0.29) is 24.0 Å². The van der Waals surface area contributed by atoms with E-state index in [1.165, 1.54) is 4.88 Å². The third-order valence-corrected chi connectivity index (χ3v) is 5.28. The van der Waals surface area contributed by atoms with Crippen LogP contribution in [-0.4, -0.2) is 67.5 Å². The number of morpholine rings is 1. The highest BCUT2D eigenvalue weighted by molar-refractivity contribution is 14.0. The van der Waals surface area contributed by atoms with Gasteiger partial charge in [-0.3, -0.25) is 4.90 Å². The van der Waals surface area contributed by atoms with Crippen LogP contribution in [0.5, 0.6) is 0 Å². The molecule has 1 aromatic heterocycles. The number of nitrogens with zero attached hydrogens (tertiary/aromatic N) is 2. The molecule has 25 heavy (non-hydrogen) atoms. The zero-order valence-corrected chi connectivity index (χ0v) is 19.5. The van der Waals surface area contributed by atoms with Crippen molar-refractivity contribution in [2.24, 2.45) is 4.99 Å². The number of aliphatic hydroxyl groups is 1. The van der Waals surface area contributed by atoms with Gasteiger partial charge in [0.1, 0.15) is 0 Å². The molecule has 1 aromatic rings. The first kappa shape index (κ1) is 23.1. The molecule has 0 amide bonds. The van der Waals surface area contributed by atoms with Crippen molar-refractivity contribution in [3.8, 4) is 0 Å². The molecule has 9 heteroatoms. The molecule has 144 valence electrons. The lowest BCUT2D eigenvalue weighted by Crippen LogP contribution is -2.52. The van der Waals surface area contributed by atoms with Crippen molar-refractivity contribution in [3.63, 3.8) is 0 Å². The van der Waals surface area contributed by atoms with Crippen LogP contribution < -0.4 is 10.6 Å². The molecular weight excluding hydrogens is 519 g/mol. The SMILES string of the molecule is CCNC(=NCc1ccc(Br)s1)NCC(C)(O)CN1CCOCC1.I. The summed E-state index contributed by atoms with van der Waals surface area (Å²) in [5.74, 6) is 0.726. The third-order valence-electron chi connectivity index (χ3n) is 3.67. The van der Waals surface area contributed by atoms with Gasteiger partial charge < -0.3 is 20.5 Å². The van der Waals surface area contributed by atoms with Gasteiger partial charge in [-0.1, -0.05) is 0 Å². The number of rotatable bonds is 7. The lowest BCUT2D eigenvalue weighted by molar-refractivity contribution is -0.0201. The average Bonchev–Trinajstić information content (AvgIpc) is 2.96. The molecule has 1 aliphatic heterocycles. The fraction of sp³-hybridized carbons (Fsp3) is 0.688. The normalized spacial score (nSPS) is 18.3. The molecular formula is C16H28BrIN4O2S. The summed E-state index contributed by atoms with van der Waals surface area (Å²) in [7, 11) is 0. The highest BCUT2D eigenvalue weighted by Crippen LogP contribution is 2.22. The Bertz CT molecular complexity index is 536. The van der Waals surface area contributed by atoms with Crippen LogP contribution in [0.1, 0.15) is 18.7 Å². The van der Waals surface area contributed by atoms with E-state index in [9.17, 15) is 5.11 Å². The first-order valence-electron chi connectivity index (χ1n) is 8.27. The summed E-state index contributed by atoms with van der Waals surface area (Å²) >= 11 is 5.15. The van der Waals surface area contributed by atoms with Crippen LogP contribution in [0, 0.1) is 0 Å². The molecule has 1 saturated heterocycles. The number of hydrogen-bond acceptors (Lipinski definition) is 5. The molecule has 1 fully saturated rings. The van der Waals surface area contributed by atoms with Crippen LogP contribution in [0.15, 0.2) is 20.9 Å². The average molecular weight is 547 g/mol. The summed E-state index contributed by atoms with van der Waals surface area (Å²) in [4.78, 5) is 8.01. The van der Waals surface area contributed by atoms with Crippen molar-refractivity contribution in [2.45, 2.75) is 26.0 Å². The van der Waals surface area contributed by atoms with Gasteiger partial charge in [-0.15, -0.1) is 35.3 Å². The molecule has 1 aliphatic rings. The van der Waals surface area contributed by atoms with Crippen LogP contribution in [0.2, 0.25) is 0 Å². The highest BCUT2D eigenvalue weighted by atomic mass is 127. The van der Waals surface area contributed by atoms with Crippen molar-refractivity contribution >= 4 is 57.2 Å². The van der Waals surface area contributed by atoms with E-state index in [1.54, 1.807) is 11.3 Å². The zero-order chi connectivity index (χ0) is 17.4. The number of thiophene rings is 1. The predicted octanol–water partition coefficient (Wildman–Crippen LogP) is 2.27. The molecule has 6 nitrogen and oxygen atoms in total. The van der Waals surface area contributed by atoms with Crippen LogP contribution in [-0.2, 0) is 11.3 Å². The molecule has 2 rings (SSSR count).